The van der Waals surface area contributed by atoms with Gasteiger partial charge in [0.15, 0.2) is 0 Å². The van der Waals surface area contributed by atoms with E-state index in [0.717, 1.165) is 30.6 Å². The van der Waals surface area contributed by atoms with Gasteiger partial charge in [0.05, 0.1) is 0 Å². The van der Waals surface area contributed by atoms with Gasteiger partial charge in [-0.25, -0.2) is 0 Å². The first-order chi connectivity index (χ1) is 14.5. The summed E-state index contributed by atoms with van der Waals surface area (Å²) in [6, 6.07) is 14.0. The largest absolute Gasteiger partial charge is 0.434 e. The van der Waals surface area contributed by atoms with Crippen LogP contribution < -0.4 is 20.3 Å². The fourth-order valence-electron chi connectivity index (χ4n) is 4.41. The van der Waals surface area contributed by atoms with Crippen molar-refractivity contribution in [2.75, 3.05) is 18.5 Å². The smallest absolute Gasteiger partial charge is 0.387 e. The van der Waals surface area contributed by atoms with E-state index < -0.39 is 6.61 Å². The maximum absolute atomic E-state index is 13.0. The van der Waals surface area contributed by atoms with E-state index >= 15 is 0 Å². The van der Waals surface area contributed by atoms with E-state index in [9.17, 15) is 13.6 Å². The summed E-state index contributed by atoms with van der Waals surface area (Å²) < 4.78 is 30.9. The van der Waals surface area contributed by atoms with Crippen molar-refractivity contribution in [2.45, 2.75) is 50.9 Å². The highest BCUT2D eigenvalue weighted by Crippen LogP contribution is 2.34. The zero-order valence-corrected chi connectivity index (χ0v) is 19.5. The number of halogens is 4. The molecule has 176 valence electrons. The van der Waals surface area contributed by atoms with Gasteiger partial charge in [0.1, 0.15) is 5.75 Å². The first-order valence-electron chi connectivity index (χ1n) is 10.4. The number of ether oxygens (including phenoxy) is 1. The number of alkyl halides is 2. The molecule has 2 atom stereocenters. The monoisotopic (exact) mass is 487 g/mol. The van der Waals surface area contributed by atoms with E-state index in [1.54, 1.807) is 18.0 Å². The molecule has 1 amide bonds. The van der Waals surface area contributed by atoms with E-state index in [4.69, 9.17) is 4.74 Å². The lowest BCUT2D eigenvalue weighted by Gasteiger charge is -2.34. The number of nitrogens with one attached hydrogen (secondary N) is 2. The maximum atomic E-state index is 13.0. The van der Waals surface area contributed by atoms with Crippen molar-refractivity contribution in [2.24, 2.45) is 0 Å². The van der Waals surface area contributed by atoms with Crippen LogP contribution in [0.4, 0.5) is 14.5 Å². The molecule has 5 nitrogen and oxygen atoms in total. The second-order valence-corrected chi connectivity index (χ2v) is 7.89. The average Bonchev–Trinajstić information content (AvgIpc) is 2.76. The van der Waals surface area contributed by atoms with E-state index in [1.165, 1.54) is 5.56 Å². The van der Waals surface area contributed by atoms with Crippen molar-refractivity contribution in [1.29, 1.82) is 0 Å². The molecule has 2 aromatic rings. The SMILES string of the molecule is CN1C(=O)CCc2cc(OC(F)F)c(CN[C@H]3CCCN[C@H]3c3ccccc3)cc21.Cl.Cl. The number of rotatable bonds is 6. The topological polar surface area (TPSA) is 53.6 Å². The summed E-state index contributed by atoms with van der Waals surface area (Å²) in [5.74, 6) is 0.212. The van der Waals surface area contributed by atoms with Gasteiger partial charge in [-0.1, -0.05) is 30.3 Å². The van der Waals surface area contributed by atoms with Crippen molar-refractivity contribution in [3.05, 3.63) is 59.2 Å². The molecule has 0 unspecified atom stereocenters. The number of amides is 1. The molecule has 2 aliphatic heterocycles. The number of nitrogens with zero attached hydrogens (tertiary/aromatic N) is 1. The molecular formula is C23H29Cl2F2N3O2. The van der Waals surface area contributed by atoms with Crippen LogP contribution in [0.15, 0.2) is 42.5 Å². The Kier molecular flexibility index (Phi) is 9.70. The lowest BCUT2D eigenvalue weighted by molar-refractivity contribution is -0.118. The minimum absolute atomic E-state index is 0. The number of hydrogen-bond donors (Lipinski definition) is 2. The van der Waals surface area contributed by atoms with Gasteiger partial charge in [0.2, 0.25) is 5.91 Å². The van der Waals surface area contributed by atoms with Crippen molar-refractivity contribution in [3.63, 3.8) is 0 Å². The molecule has 4 rings (SSSR count). The molecule has 2 aromatic carbocycles. The van der Waals surface area contributed by atoms with E-state index in [2.05, 4.69) is 22.8 Å². The minimum atomic E-state index is -2.89. The van der Waals surface area contributed by atoms with Crippen LogP contribution in [-0.2, 0) is 17.8 Å². The fourth-order valence-corrected chi connectivity index (χ4v) is 4.41. The molecule has 32 heavy (non-hydrogen) atoms. The molecule has 0 aliphatic carbocycles. The number of benzene rings is 2. The molecule has 2 N–H and O–H groups in total. The number of hydrogen-bond acceptors (Lipinski definition) is 4. The van der Waals surface area contributed by atoms with Crippen LogP contribution in [0.2, 0.25) is 0 Å². The summed E-state index contributed by atoms with van der Waals surface area (Å²) in [6.45, 7) is -1.56. The molecule has 2 heterocycles. The van der Waals surface area contributed by atoms with Crippen LogP contribution in [0.25, 0.3) is 0 Å². The van der Waals surface area contributed by atoms with Crippen molar-refractivity contribution < 1.29 is 18.3 Å². The Bertz CT molecular complexity index is 902. The standard InChI is InChI=1S/C23H27F2N3O2.2ClH/c1-28-19-12-17(20(30-23(24)25)13-16(19)9-10-21(28)29)14-27-18-8-5-11-26-22(18)15-6-3-2-4-7-15;;/h2-4,6-7,12-13,18,22-23,26-27H,5,8-11,14H2,1H3;2*1H/t18-,22-;;/m0../s1. The number of carbonyl (C=O) groups is 1. The second-order valence-electron chi connectivity index (χ2n) is 7.89. The number of aryl methyl sites for hydroxylation is 1. The number of piperidine rings is 1. The minimum Gasteiger partial charge on any atom is -0.434 e. The number of anilines is 1. The van der Waals surface area contributed by atoms with Gasteiger partial charge in [-0.3, -0.25) is 4.79 Å². The summed E-state index contributed by atoms with van der Waals surface area (Å²) in [4.78, 5) is 13.7. The van der Waals surface area contributed by atoms with Crippen LogP contribution >= 0.6 is 24.8 Å². The predicted molar refractivity (Wildman–Crippen MR) is 126 cm³/mol. The lowest BCUT2D eigenvalue weighted by Crippen LogP contribution is -2.45. The Morgan fingerprint density at radius 2 is 1.94 bits per heavy atom. The van der Waals surface area contributed by atoms with Crippen LogP contribution in [-0.4, -0.2) is 32.2 Å². The number of fused-ring (bicyclic) bond motifs is 1. The van der Waals surface area contributed by atoms with Crippen molar-refractivity contribution in [3.8, 4) is 5.75 Å². The third-order valence-corrected chi connectivity index (χ3v) is 5.99. The van der Waals surface area contributed by atoms with Crippen LogP contribution in [0.5, 0.6) is 5.75 Å². The van der Waals surface area contributed by atoms with E-state index in [-0.39, 0.29) is 48.6 Å². The molecule has 1 fully saturated rings. The summed E-state index contributed by atoms with van der Waals surface area (Å²) in [5, 5.41) is 7.11. The first-order valence-corrected chi connectivity index (χ1v) is 10.4. The van der Waals surface area contributed by atoms with Gasteiger partial charge in [0.25, 0.3) is 0 Å². The Morgan fingerprint density at radius 3 is 2.66 bits per heavy atom. The first kappa shape index (κ1) is 26.3. The highest BCUT2D eigenvalue weighted by molar-refractivity contribution is 5.96. The van der Waals surface area contributed by atoms with Gasteiger partial charge >= 0.3 is 6.61 Å². The van der Waals surface area contributed by atoms with E-state index in [1.807, 2.05) is 24.3 Å². The molecule has 0 spiro atoms. The quantitative estimate of drug-likeness (QED) is 0.623. The second kappa shape index (κ2) is 11.8. The van der Waals surface area contributed by atoms with Crippen molar-refractivity contribution >= 4 is 36.4 Å². The Labute approximate surface area is 199 Å². The molecule has 0 bridgehead atoms. The van der Waals surface area contributed by atoms with Crippen LogP contribution in [0.1, 0.15) is 42.0 Å². The van der Waals surface area contributed by atoms with Gasteiger partial charge in [-0.15, -0.1) is 24.8 Å². The summed E-state index contributed by atoms with van der Waals surface area (Å²) >= 11 is 0. The molecule has 9 heteroatoms. The zero-order valence-electron chi connectivity index (χ0n) is 17.9. The third kappa shape index (κ3) is 5.90. The maximum Gasteiger partial charge on any atom is 0.387 e. The van der Waals surface area contributed by atoms with E-state index in [0.29, 0.717) is 24.9 Å². The van der Waals surface area contributed by atoms with Gasteiger partial charge in [0, 0.05) is 43.3 Å². The molecular weight excluding hydrogens is 459 g/mol. The third-order valence-electron chi connectivity index (χ3n) is 5.99. The molecule has 2 aliphatic rings. The fraction of sp³-hybridized carbons (Fsp3) is 0.435. The summed E-state index contributed by atoms with van der Waals surface area (Å²) in [7, 11) is 1.72. The summed E-state index contributed by atoms with van der Waals surface area (Å²) in [5.41, 5.74) is 3.46. The average molecular weight is 488 g/mol. The lowest BCUT2D eigenvalue weighted by atomic mass is 9.92. The van der Waals surface area contributed by atoms with Gasteiger partial charge < -0.3 is 20.3 Å². The Hall–Kier alpha value is -1.93. The molecule has 0 saturated carbocycles. The van der Waals surface area contributed by atoms with Crippen molar-refractivity contribution in [1.82, 2.24) is 10.6 Å². The molecule has 0 aromatic heterocycles. The highest BCUT2D eigenvalue weighted by atomic mass is 35.5. The summed E-state index contributed by atoms with van der Waals surface area (Å²) in [6.07, 6.45) is 2.94. The zero-order chi connectivity index (χ0) is 21.1. The molecule has 0 radical (unpaired) electrons. The Morgan fingerprint density at radius 1 is 1.19 bits per heavy atom. The number of carbonyl (C=O) groups excluding carboxylic acids is 1. The van der Waals surface area contributed by atoms with Crippen LogP contribution in [0.3, 0.4) is 0 Å². The van der Waals surface area contributed by atoms with Gasteiger partial charge in [-0.2, -0.15) is 8.78 Å². The highest BCUT2D eigenvalue weighted by Gasteiger charge is 2.27. The predicted octanol–water partition coefficient (Wildman–Crippen LogP) is 4.62. The normalized spacial score (nSPS) is 20.2. The van der Waals surface area contributed by atoms with Crippen LogP contribution in [0, 0.1) is 0 Å². The van der Waals surface area contributed by atoms with Gasteiger partial charge in [-0.05, 0) is 49.1 Å². The Balaban J connectivity index is 0.00000181. The molecule has 1 saturated heterocycles.